The van der Waals surface area contributed by atoms with Gasteiger partial charge in [0.25, 0.3) is 15.9 Å². The van der Waals surface area contributed by atoms with Gasteiger partial charge in [-0.2, -0.15) is 0 Å². The summed E-state index contributed by atoms with van der Waals surface area (Å²) in [4.78, 5) is 15.0. The number of halogens is 1. The molecule has 0 atom stereocenters. The number of hydrogen-bond donors (Lipinski definition) is 1. The lowest BCUT2D eigenvalue weighted by atomic mass is 10.1. The summed E-state index contributed by atoms with van der Waals surface area (Å²) in [5, 5.41) is 0. The smallest absolute Gasteiger partial charge is 0.265 e. The molecule has 3 aromatic carbocycles. The van der Waals surface area contributed by atoms with E-state index in [9.17, 15) is 17.6 Å². The maximum absolute atomic E-state index is 13.4. The number of amides is 1. The van der Waals surface area contributed by atoms with E-state index in [4.69, 9.17) is 4.74 Å². The fraction of sp³-hybridized carbons (Fsp3) is 0.240. The van der Waals surface area contributed by atoms with Gasteiger partial charge in [-0.15, -0.1) is 0 Å². The molecule has 1 saturated carbocycles. The van der Waals surface area contributed by atoms with E-state index in [1.165, 1.54) is 31.4 Å². The maximum atomic E-state index is 13.4. The Balaban J connectivity index is 1.63. The predicted molar refractivity (Wildman–Crippen MR) is 124 cm³/mol. The van der Waals surface area contributed by atoms with Gasteiger partial charge in [0.15, 0.2) is 0 Å². The summed E-state index contributed by atoms with van der Waals surface area (Å²) in [6.07, 6.45) is 1.76. The van der Waals surface area contributed by atoms with Crippen molar-refractivity contribution in [1.82, 2.24) is 4.90 Å². The number of aryl methyl sites for hydroxylation is 1. The van der Waals surface area contributed by atoms with E-state index >= 15 is 0 Å². The van der Waals surface area contributed by atoms with Crippen molar-refractivity contribution in [2.75, 3.05) is 11.8 Å². The van der Waals surface area contributed by atoms with Crippen LogP contribution in [-0.4, -0.2) is 32.4 Å². The highest BCUT2D eigenvalue weighted by atomic mass is 32.2. The maximum Gasteiger partial charge on any atom is 0.265 e. The van der Waals surface area contributed by atoms with Crippen LogP contribution in [0.15, 0.2) is 71.6 Å². The van der Waals surface area contributed by atoms with Crippen molar-refractivity contribution < 1.29 is 22.3 Å². The molecule has 0 bridgehead atoms. The zero-order chi connectivity index (χ0) is 23.6. The van der Waals surface area contributed by atoms with Crippen molar-refractivity contribution in [2.24, 2.45) is 0 Å². The number of ether oxygens (including phenoxy) is 1. The Morgan fingerprint density at radius 2 is 1.73 bits per heavy atom. The van der Waals surface area contributed by atoms with Crippen molar-refractivity contribution in [2.45, 2.75) is 37.2 Å². The highest BCUT2D eigenvalue weighted by Crippen LogP contribution is 2.32. The molecule has 3 aromatic rings. The summed E-state index contributed by atoms with van der Waals surface area (Å²) >= 11 is 0. The molecule has 0 unspecified atom stereocenters. The largest absolute Gasteiger partial charge is 0.495 e. The highest BCUT2D eigenvalue weighted by Gasteiger charge is 2.34. The molecular weight excluding hydrogens is 443 g/mol. The number of nitrogens with zero attached hydrogens (tertiary/aromatic N) is 1. The Hall–Kier alpha value is -3.39. The lowest BCUT2D eigenvalue weighted by Crippen LogP contribution is -2.32. The van der Waals surface area contributed by atoms with E-state index in [1.807, 2.05) is 6.92 Å². The number of carbonyl (C=O) groups is 1. The Morgan fingerprint density at radius 3 is 2.33 bits per heavy atom. The number of sulfonamides is 1. The normalized spacial score (nSPS) is 13.4. The van der Waals surface area contributed by atoms with Gasteiger partial charge < -0.3 is 9.64 Å². The molecule has 0 radical (unpaired) electrons. The summed E-state index contributed by atoms with van der Waals surface area (Å²) in [5.74, 6) is -0.479. The Morgan fingerprint density at radius 1 is 1.06 bits per heavy atom. The average Bonchev–Trinajstić information content (AvgIpc) is 3.64. The third kappa shape index (κ3) is 5.34. The average molecular weight is 469 g/mol. The lowest BCUT2D eigenvalue weighted by molar-refractivity contribution is 0.0729. The molecule has 33 heavy (non-hydrogen) atoms. The minimum Gasteiger partial charge on any atom is -0.495 e. The summed E-state index contributed by atoms with van der Waals surface area (Å²) in [6, 6.07) is 17.4. The molecular formula is C25H25FN2O4S. The van der Waals surface area contributed by atoms with E-state index in [1.54, 1.807) is 47.4 Å². The second kappa shape index (κ2) is 9.23. The Bertz CT molecular complexity index is 1250. The molecule has 8 heteroatoms. The van der Waals surface area contributed by atoms with Crippen molar-refractivity contribution in [1.29, 1.82) is 0 Å². The molecule has 0 aromatic heterocycles. The monoisotopic (exact) mass is 468 g/mol. The first-order valence-corrected chi connectivity index (χ1v) is 12.1. The number of methoxy groups -OCH3 is 1. The molecule has 0 aliphatic heterocycles. The van der Waals surface area contributed by atoms with Crippen molar-refractivity contribution in [3.63, 3.8) is 0 Å². The van der Waals surface area contributed by atoms with Gasteiger partial charge in [-0.3, -0.25) is 9.52 Å². The van der Waals surface area contributed by atoms with Crippen LogP contribution in [0.3, 0.4) is 0 Å². The molecule has 0 spiro atoms. The molecule has 0 heterocycles. The van der Waals surface area contributed by atoms with Crippen LogP contribution in [-0.2, 0) is 16.6 Å². The minimum absolute atomic E-state index is 0.0791. The number of carbonyl (C=O) groups excluding carboxylic acids is 1. The zero-order valence-corrected chi connectivity index (χ0v) is 19.2. The predicted octanol–water partition coefficient (Wildman–Crippen LogP) is 4.75. The second-order valence-electron chi connectivity index (χ2n) is 8.13. The molecule has 1 aliphatic rings. The summed E-state index contributed by atoms with van der Waals surface area (Å²) in [7, 11) is -2.62. The Kier molecular flexibility index (Phi) is 6.37. The highest BCUT2D eigenvalue weighted by molar-refractivity contribution is 7.92. The molecule has 0 saturated heterocycles. The number of hydrogen-bond acceptors (Lipinski definition) is 4. The third-order valence-electron chi connectivity index (χ3n) is 5.52. The summed E-state index contributed by atoms with van der Waals surface area (Å²) in [6.45, 7) is 2.23. The van der Waals surface area contributed by atoms with Gasteiger partial charge in [-0.1, -0.05) is 29.8 Å². The molecule has 1 N–H and O–H groups in total. The van der Waals surface area contributed by atoms with Gasteiger partial charge >= 0.3 is 0 Å². The van der Waals surface area contributed by atoms with Crippen LogP contribution in [0.25, 0.3) is 0 Å². The quantitative estimate of drug-likeness (QED) is 0.518. The van der Waals surface area contributed by atoms with Crippen LogP contribution < -0.4 is 9.46 Å². The number of benzene rings is 3. The molecule has 4 rings (SSSR count). The van der Waals surface area contributed by atoms with Gasteiger partial charge in [-0.25, -0.2) is 12.8 Å². The van der Waals surface area contributed by atoms with Crippen LogP contribution in [0.1, 0.15) is 34.3 Å². The van der Waals surface area contributed by atoms with Gasteiger partial charge in [0, 0.05) is 23.8 Å². The van der Waals surface area contributed by atoms with Crippen LogP contribution in [0.4, 0.5) is 10.1 Å². The summed E-state index contributed by atoms with van der Waals surface area (Å²) < 4.78 is 47.3. The van der Waals surface area contributed by atoms with Crippen LogP contribution >= 0.6 is 0 Å². The van der Waals surface area contributed by atoms with Crippen LogP contribution in [0.5, 0.6) is 5.75 Å². The van der Waals surface area contributed by atoms with Gasteiger partial charge in [-0.05, 0) is 67.8 Å². The third-order valence-corrected chi connectivity index (χ3v) is 6.92. The number of rotatable bonds is 8. The van der Waals surface area contributed by atoms with Gasteiger partial charge in [0.2, 0.25) is 0 Å². The molecule has 1 aliphatic carbocycles. The first-order valence-electron chi connectivity index (χ1n) is 10.6. The van der Waals surface area contributed by atoms with Crippen molar-refractivity contribution >= 4 is 21.6 Å². The van der Waals surface area contributed by atoms with Crippen molar-refractivity contribution in [3.8, 4) is 5.75 Å². The molecule has 1 fully saturated rings. The first-order chi connectivity index (χ1) is 15.8. The molecule has 172 valence electrons. The van der Waals surface area contributed by atoms with E-state index in [0.29, 0.717) is 12.2 Å². The van der Waals surface area contributed by atoms with E-state index in [2.05, 4.69) is 4.72 Å². The lowest BCUT2D eigenvalue weighted by Gasteiger charge is -2.23. The number of nitrogens with one attached hydrogen (secondary N) is 1. The SMILES string of the molecule is COc1ccc(C(=O)N(Cc2ccc(F)cc2)C2CC2)cc1S(=O)(=O)Nc1ccc(C)cc1. The zero-order valence-electron chi connectivity index (χ0n) is 18.4. The van der Waals surface area contributed by atoms with Crippen molar-refractivity contribution in [3.05, 3.63) is 89.2 Å². The fourth-order valence-corrected chi connectivity index (χ4v) is 4.81. The van der Waals surface area contributed by atoms with E-state index in [-0.39, 0.29) is 34.0 Å². The summed E-state index contributed by atoms with van der Waals surface area (Å²) in [5.41, 5.74) is 2.47. The Labute approximate surface area is 193 Å². The van der Waals surface area contributed by atoms with Gasteiger partial charge in [0.05, 0.1) is 7.11 Å². The van der Waals surface area contributed by atoms with Crippen LogP contribution in [0, 0.1) is 12.7 Å². The fourth-order valence-electron chi connectivity index (χ4n) is 3.56. The standard InChI is InChI=1S/C25H25FN2O4S/c1-17-3-10-21(11-4-17)27-33(30,31)24-15-19(7-14-23(24)32-2)25(29)28(22-12-13-22)16-18-5-8-20(26)9-6-18/h3-11,14-15,22,27H,12-13,16H2,1-2H3. The van der Waals surface area contributed by atoms with Gasteiger partial charge in [0.1, 0.15) is 16.5 Å². The minimum atomic E-state index is -4.01. The van der Waals surface area contributed by atoms with E-state index < -0.39 is 10.0 Å². The topological polar surface area (TPSA) is 75.7 Å². The number of anilines is 1. The second-order valence-corrected chi connectivity index (χ2v) is 9.78. The molecule has 1 amide bonds. The van der Waals surface area contributed by atoms with E-state index in [0.717, 1.165) is 24.0 Å². The molecule has 6 nitrogen and oxygen atoms in total. The van der Waals surface area contributed by atoms with Crippen LogP contribution in [0.2, 0.25) is 0 Å². The first kappa shape index (κ1) is 22.8.